The normalized spacial score (nSPS) is 27.5. The molecule has 2 saturated heterocycles. The summed E-state index contributed by atoms with van der Waals surface area (Å²) in [5.74, 6) is -0.387. The van der Waals surface area contributed by atoms with Crippen LogP contribution in [0.3, 0.4) is 0 Å². The lowest BCUT2D eigenvalue weighted by Crippen LogP contribution is -2.44. The van der Waals surface area contributed by atoms with E-state index in [4.69, 9.17) is 0 Å². The Hall–Kier alpha value is -2.70. The number of amides is 1. The first-order valence-corrected chi connectivity index (χ1v) is 11.3. The summed E-state index contributed by atoms with van der Waals surface area (Å²) in [6.45, 7) is 2.01. The zero-order valence-electron chi connectivity index (χ0n) is 17.6. The zero-order valence-corrected chi connectivity index (χ0v) is 17.6. The Labute approximate surface area is 182 Å². The van der Waals surface area contributed by atoms with Crippen LogP contribution in [0.5, 0.6) is 0 Å². The summed E-state index contributed by atoms with van der Waals surface area (Å²) in [4.78, 5) is 28.6. The zero-order chi connectivity index (χ0) is 21.4. The highest BCUT2D eigenvalue weighted by atomic mass is 16.3. The number of fused-ring (bicyclic) bond motifs is 4. The summed E-state index contributed by atoms with van der Waals surface area (Å²) < 4.78 is 1.81. The first-order chi connectivity index (χ1) is 15.2. The molecule has 4 atom stereocenters. The van der Waals surface area contributed by atoms with Crippen LogP contribution in [0.1, 0.15) is 42.1 Å². The van der Waals surface area contributed by atoms with Crippen LogP contribution in [-0.2, 0) is 11.3 Å². The van der Waals surface area contributed by atoms with E-state index >= 15 is 0 Å². The second kappa shape index (κ2) is 8.44. The lowest BCUT2D eigenvalue weighted by molar-refractivity contribution is -0.138. The van der Waals surface area contributed by atoms with Crippen molar-refractivity contribution >= 4 is 18.1 Å². The fraction of sp³-hybridized carbons (Fsp3) is 0.440. The molecule has 3 aliphatic rings. The number of carbonyl (C=O) groups excluding carboxylic acids is 1. The van der Waals surface area contributed by atoms with Gasteiger partial charge in [0.1, 0.15) is 0 Å². The van der Waals surface area contributed by atoms with Crippen LogP contribution < -0.4 is 10.9 Å². The van der Waals surface area contributed by atoms with Gasteiger partial charge in [-0.2, -0.15) is 0 Å². The van der Waals surface area contributed by atoms with Crippen LogP contribution in [0, 0.1) is 11.8 Å². The Balaban J connectivity index is 1.47. The van der Waals surface area contributed by atoms with Gasteiger partial charge < -0.3 is 19.9 Å². The molecule has 5 rings (SSSR count). The number of piperidine rings is 1. The van der Waals surface area contributed by atoms with Gasteiger partial charge in [-0.05, 0) is 43.0 Å². The molecule has 4 heterocycles. The predicted octanol–water partition coefficient (Wildman–Crippen LogP) is 2.28. The molecule has 0 spiro atoms. The van der Waals surface area contributed by atoms with Crippen LogP contribution >= 0.6 is 0 Å². The van der Waals surface area contributed by atoms with Gasteiger partial charge in [0.25, 0.3) is 5.56 Å². The third kappa shape index (κ3) is 3.64. The second-order valence-electron chi connectivity index (χ2n) is 8.88. The molecule has 2 bridgehead atoms. The topological polar surface area (TPSA) is 74.6 Å². The van der Waals surface area contributed by atoms with E-state index < -0.39 is 0 Å². The van der Waals surface area contributed by atoms with Crippen molar-refractivity contribution in [3.63, 3.8) is 0 Å². The van der Waals surface area contributed by atoms with Gasteiger partial charge in [-0.15, -0.1) is 0 Å². The standard InChI is InChI=1S/C25H29N3O3/c29-16-19-20-15-28-21(23(26-20)22(19)25(31)27-13-5-2-6-14-27)12-11-18(24(28)30)10-9-17-7-3-1-4-8-17/h1,3-4,7-12,19-20,22-23,26,29H,2,5-6,13-16H2/b10-9+/t19-,20-,22+,23+/m0/s1. The van der Waals surface area contributed by atoms with Gasteiger partial charge in [-0.25, -0.2) is 0 Å². The molecule has 31 heavy (non-hydrogen) atoms. The fourth-order valence-electron chi connectivity index (χ4n) is 5.45. The number of nitrogens with zero attached hydrogens (tertiary/aromatic N) is 2. The maximum absolute atomic E-state index is 13.4. The smallest absolute Gasteiger partial charge is 0.258 e. The minimum atomic E-state index is -0.327. The van der Waals surface area contributed by atoms with Crippen molar-refractivity contribution in [1.29, 1.82) is 0 Å². The SMILES string of the molecule is O=C([C@@H]1[C@@H](CO)[C@@H]2Cn3c(ccc(/C=C/c4ccccc4)c3=O)[C@H]1N2)N1CCCCC1. The van der Waals surface area contributed by atoms with Gasteiger partial charge in [0, 0.05) is 49.5 Å². The molecule has 0 aliphatic carbocycles. The molecule has 162 valence electrons. The largest absolute Gasteiger partial charge is 0.396 e. The number of aliphatic hydroxyl groups excluding tert-OH is 1. The van der Waals surface area contributed by atoms with E-state index in [1.54, 1.807) is 0 Å². The molecule has 2 fully saturated rings. The van der Waals surface area contributed by atoms with Crippen molar-refractivity contribution in [2.24, 2.45) is 11.8 Å². The molecule has 1 amide bonds. The number of likely N-dealkylation sites (tertiary alicyclic amines) is 1. The third-order valence-corrected chi connectivity index (χ3v) is 7.08. The van der Waals surface area contributed by atoms with E-state index in [-0.39, 0.29) is 42.0 Å². The Morgan fingerprint density at radius 2 is 1.84 bits per heavy atom. The summed E-state index contributed by atoms with van der Waals surface area (Å²) in [5, 5.41) is 13.7. The number of nitrogens with one attached hydrogen (secondary N) is 1. The van der Waals surface area contributed by atoms with E-state index in [0.717, 1.165) is 37.2 Å². The molecule has 6 nitrogen and oxygen atoms in total. The van der Waals surface area contributed by atoms with Crippen molar-refractivity contribution in [1.82, 2.24) is 14.8 Å². The summed E-state index contributed by atoms with van der Waals surface area (Å²) in [5.41, 5.74) is 2.49. The summed E-state index contributed by atoms with van der Waals surface area (Å²) in [6.07, 6.45) is 7.04. The maximum Gasteiger partial charge on any atom is 0.258 e. The predicted molar refractivity (Wildman–Crippen MR) is 120 cm³/mol. The number of hydrogen-bond acceptors (Lipinski definition) is 4. The van der Waals surface area contributed by atoms with Gasteiger partial charge in [0.05, 0.1) is 12.0 Å². The quantitative estimate of drug-likeness (QED) is 0.798. The molecule has 0 radical (unpaired) electrons. The average molecular weight is 420 g/mol. The number of carbonyl (C=O) groups is 1. The lowest BCUT2D eigenvalue weighted by atomic mass is 9.85. The van der Waals surface area contributed by atoms with Gasteiger partial charge >= 0.3 is 0 Å². The molecule has 2 aromatic rings. The van der Waals surface area contributed by atoms with Crippen LogP contribution in [0.2, 0.25) is 0 Å². The van der Waals surface area contributed by atoms with Crippen LogP contribution in [0.25, 0.3) is 12.2 Å². The highest BCUT2D eigenvalue weighted by Crippen LogP contribution is 2.42. The maximum atomic E-state index is 13.4. The van der Waals surface area contributed by atoms with Crippen molar-refractivity contribution in [3.8, 4) is 0 Å². The van der Waals surface area contributed by atoms with Crippen LogP contribution in [0.15, 0.2) is 47.3 Å². The molecular weight excluding hydrogens is 390 g/mol. The average Bonchev–Trinajstić information content (AvgIpc) is 3.12. The second-order valence-corrected chi connectivity index (χ2v) is 8.88. The highest BCUT2D eigenvalue weighted by Gasteiger charge is 2.51. The minimum Gasteiger partial charge on any atom is -0.396 e. The molecule has 1 aromatic carbocycles. The highest BCUT2D eigenvalue weighted by molar-refractivity contribution is 5.81. The van der Waals surface area contributed by atoms with Crippen molar-refractivity contribution in [2.75, 3.05) is 19.7 Å². The minimum absolute atomic E-state index is 0.0380. The Kier molecular flexibility index (Phi) is 5.50. The van der Waals surface area contributed by atoms with Crippen LogP contribution in [0.4, 0.5) is 0 Å². The van der Waals surface area contributed by atoms with E-state index in [9.17, 15) is 14.7 Å². The summed E-state index contributed by atoms with van der Waals surface area (Å²) >= 11 is 0. The van der Waals surface area contributed by atoms with E-state index in [2.05, 4.69) is 5.32 Å². The molecule has 0 unspecified atom stereocenters. The number of hydrogen-bond donors (Lipinski definition) is 2. The van der Waals surface area contributed by atoms with Crippen LogP contribution in [-0.4, -0.2) is 46.2 Å². The monoisotopic (exact) mass is 419 g/mol. The van der Waals surface area contributed by atoms with E-state index in [1.165, 1.54) is 6.42 Å². The third-order valence-electron chi connectivity index (χ3n) is 7.08. The summed E-state index contributed by atoms with van der Waals surface area (Å²) in [7, 11) is 0. The Morgan fingerprint density at radius 3 is 2.58 bits per heavy atom. The molecule has 1 aromatic heterocycles. The van der Waals surface area contributed by atoms with E-state index in [1.807, 2.05) is 64.1 Å². The van der Waals surface area contributed by atoms with Gasteiger partial charge in [-0.3, -0.25) is 9.59 Å². The first-order valence-electron chi connectivity index (χ1n) is 11.3. The van der Waals surface area contributed by atoms with Crippen molar-refractivity contribution in [2.45, 2.75) is 37.9 Å². The first kappa shape index (κ1) is 20.2. The number of benzene rings is 1. The molecule has 0 saturated carbocycles. The number of aromatic nitrogens is 1. The number of pyridine rings is 1. The fourth-order valence-corrected chi connectivity index (χ4v) is 5.45. The molecule has 3 aliphatic heterocycles. The summed E-state index contributed by atoms with van der Waals surface area (Å²) in [6, 6.07) is 13.4. The van der Waals surface area contributed by atoms with Crippen molar-refractivity contribution < 1.29 is 9.90 Å². The van der Waals surface area contributed by atoms with Gasteiger partial charge in [0.2, 0.25) is 5.91 Å². The number of aliphatic hydroxyl groups is 1. The molecular formula is C25H29N3O3. The Bertz CT molecular complexity index is 1040. The van der Waals surface area contributed by atoms with Crippen molar-refractivity contribution in [3.05, 3.63) is 69.6 Å². The number of rotatable bonds is 4. The van der Waals surface area contributed by atoms with Gasteiger partial charge in [-0.1, -0.05) is 36.4 Å². The Morgan fingerprint density at radius 1 is 1.06 bits per heavy atom. The van der Waals surface area contributed by atoms with E-state index in [0.29, 0.717) is 12.1 Å². The molecule has 6 heteroatoms. The van der Waals surface area contributed by atoms with Gasteiger partial charge in [0.15, 0.2) is 0 Å². The lowest BCUT2D eigenvalue weighted by Gasteiger charge is -2.32. The molecule has 2 N–H and O–H groups in total.